The second-order valence-electron chi connectivity index (χ2n) is 8.11. The molecule has 0 unspecified atom stereocenters. The highest BCUT2D eigenvalue weighted by Gasteiger charge is 2.16. The van der Waals surface area contributed by atoms with E-state index in [1.54, 1.807) is 0 Å². The summed E-state index contributed by atoms with van der Waals surface area (Å²) < 4.78 is 0. The summed E-state index contributed by atoms with van der Waals surface area (Å²) in [4.78, 5) is 5.14. The molecule has 1 aromatic rings. The Bertz CT molecular complexity index is 456. The van der Waals surface area contributed by atoms with Crippen molar-refractivity contribution in [2.24, 2.45) is 5.41 Å². The largest absolute Gasteiger partial charge is 0.369 e. The molecule has 0 atom stereocenters. The van der Waals surface area contributed by atoms with Crippen LogP contribution in [0.15, 0.2) is 24.3 Å². The minimum absolute atomic E-state index is 0.395. The summed E-state index contributed by atoms with van der Waals surface area (Å²) in [7, 11) is 0. The van der Waals surface area contributed by atoms with Crippen LogP contribution in [0.2, 0.25) is 0 Å². The van der Waals surface area contributed by atoms with E-state index in [9.17, 15) is 0 Å². The molecular formula is C20H35N3. The van der Waals surface area contributed by atoms with Gasteiger partial charge in [0.15, 0.2) is 0 Å². The van der Waals surface area contributed by atoms with Crippen molar-refractivity contribution in [1.29, 1.82) is 0 Å². The maximum absolute atomic E-state index is 3.57. The number of hydrogen-bond acceptors (Lipinski definition) is 3. The van der Waals surface area contributed by atoms with Crippen LogP contribution in [0, 0.1) is 12.3 Å². The summed E-state index contributed by atoms with van der Waals surface area (Å²) in [6, 6.07) is 8.88. The molecule has 1 fully saturated rings. The molecule has 3 heteroatoms. The lowest BCUT2D eigenvalue weighted by Gasteiger charge is -2.36. The van der Waals surface area contributed by atoms with Crippen LogP contribution in [0.3, 0.4) is 0 Å². The third-order valence-electron chi connectivity index (χ3n) is 4.47. The Labute approximate surface area is 143 Å². The summed E-state index contributed by atoms with van der Waals surface area (Å²) >= 11 is 0. The zero-order valence-corrected chi connectivity index (χ0v) is 15.6. The third kappa shape index (κ3) is 6.92. The lowest BCUT2D eigenvalue weighted by Crippen LogP contribution is -2.46. The van der Waals surface area contributed by atoms with Crippen LogP contribution in [0.5, 0.6) is 0 Å². The highest BCUT2D eigenvalue weighted by Crippen LogP contribution is 2.18. The molecule has 0 radical (unpaired) electrons. The van der Waals surface area contributed by atoms with Crippen molar-refractivity contribution >= 4 is 5.69 Å². The maximum Gasteiger partial charge on any atom is 0.0369 e. The number of nitrogens with zero attached hydrogens (tertiary/aromatic N) is 2. The Morgan fingerprint density at radius 1 is 1.04 bits per heavy atom. The van der Waals surface area contributed by atoms with E-state index < -0.39 is 0 Å². The number of anilines is 1. The molecule has 0 aromatic heterocycles. The van der Waals surface area contributed by atoms with Crippen molar-refractivity contribution in [2.45, 2.75) is 40.5 Å². The predicted molar refractivity (Wildman–Crippen MR) is 101 cm³/mol. The first-order chi connectivity index (χ1) is 10.9. The normalized spacial score (nSPS) is 16.8. The Morgan fingerprint density at radius 2 is 1.78 bits per heavy atom. The summed E-state index contributed by atoms with van der Waals surface area (Å²) in [5.41, 5.74) is 3.13. The lowest BCUT2D eigenvalue weighted by atomic mass is 9.97. The summed E-state index contributed by atoms with van der Waals surface area (Å²) in [6.45, 7) is 17.3. The summed E-state index contributed by atoms with van der Waals surface area (Å²) in [6.07, 6.45) is 2.59. The van der Waals surface area contributed by atoms with Crippen molar-refractivity contribution < 1.29 is 0 Å². The van der Waals surface area contributed by atoms with E-state index in [2.05, 4.69) is 67.1 Å². The Hall–Kier alpha value is -1.06. The van der Waals surface area contributed by atoms with Gasteiger partial charge < -0.3 is 10.2 Å². The van der Waals surface area contributed by atoms with Crippen molar-refractivity contribution in [2.75, 3.05) is 50.7 Å². The van der Waals surface area contributed by atoms with Gasteiger partial charge in [-0.3, -0.25) is 4.90 Å². The molecule has 3 nitrogen and oxygen atoms in total. The van der Waals surface area contributed by atoms with Gasteiger partial charge in [-0.05, 0) is 62.5 Å². The fraction of sp³-hybridized carbons (Fsp3) is 0.700. The van der Waals surface area contributed by atoms with Crippen LogP contribution in [-0.2, 0) is 0 Å². The number of aryl methyl sites for hydroxylation is 1. The zero-order valence-electron chi connectivity index (χ0n) is 15.6. The molecule has 1 heterocycles. The molecule has 1 aromatic carbocycles. The van der Waals surface area contributed by atoms with E-state index in [0.29, 0.717) is 5.41 Å². The molecule has 23 heavy (non-hydrogen) atoms. The number of benzene rings is 1. The molecule has 0 spiro atoms. The molecule has 130 valence electrons. The van der Waals surface area contributed by atoms with Crippen LogP contribution in [0.1, 0.15) is 39.2 Å². The fourth-order valence-electron chi connectivity index (χ4n) is 3.10. The van der Waals surface area contributed by atoms with E-state index in [4.69, 9.17) is 0 Å². The Morgan fingerprint density at radius 3 is 2.43 bits per heavy atom. The second kappa shape index (κ2) is 8.70. The van der Waals surface area contributed by atoms with Gasteiger partial charge in [0.05, 0.1) is 0 Å². The van der Waals surface area contributed by atoms with E-state index in [-0.39, 0.29) is 0 Å². The van der Waals surface area contributed by atoms with Gasteiger partial charge >= 0.3 is 0 Å². The van der Waals surface area contributed by atoms with Gasteiger partial charge in [-0.1, -0.05) is 32.9 Å². The fourth-order valence-corrected chi connectivity index (χ4v) is 3.10. The van der Waals surface area contributed by atoms with Crippen molar-refractivity contribution in [1.82, 2.24) is 10.2 Å². The SMILES string of the molecule is Cc1cccc(N2CCN(CCCCNCC(C)(C)C)CC2)c1. The van der Waals surface area contributed by atoms with Gasteiger partial charge in [-0.15, -0.1) is 0 Å². The standard InChI is InChI=1S/C20H35N3/c1-18-8-7-9-19(16-18)23-14-12-22(13-15-23)11-6-5-10-21-17-20(2,3)4/h7-9,16,21H,5-6,10-15,17H2,1-4H3. The molecule has 1 aliphatic heterocycles. The van der Waals surface area contributed by atoms with Gasteiger partial charge in [0.1, 0.15) is 0 Å². The molecule has 1 saturated heterocycles. The number of nitrogens with one attached hydrogen (secondary N) is 1. The van der Waals surface area contributed by atoms with Crippen LogP contribution >= 0.6 is 0 Å². The van der Waals surface area contributed by atoms with Gasteiger partial charge in [0.2, 0.25) is 0 Å². The van der Waals surface area contributed by atoms with Gasteiger partial charge in [-0.25, -0.2) is 0 Å². The average molecular weight is 318 g/mol. The average Bonchev–Trinajstić information content (AvgIpc) is 2.50. The maximum atomic E-state index is 3.57. The lowest BCUT2D eigenvalue weighted by molar-refractivity contribution is 0.252. The van der Waals surface area contributed by atoms with E-state index >= 15 is 0 Å². The molecule has 1 aliphatic rings. The number of unbranched alkanes of at least 4 members (excludes halogenated alkanes) is 1. The third-order valence-corrected chi connectivity index (χ3v) is 4.47. The quantitative estimate of drug-likeness (QED) is 0.776. The summed E-state index contributed by atoms with van der Waals surface area (Å²) in [5, 5.41) is 3.57. The highest BCUT2D eigenvalue weighted by molar-refractivity contribution is 5.48. The molecule has 1 N–H and O–H groups in total. The zero-order chi connectivity index (χ0) is 16.7. The molecule has 0 amide bonds. The van der Waals surface area contributed by atoms with Crippen molar-refractivity contribution in [3.05, 3.63) is 29.8 Å². The van der Waals surface area contributed by atoms with Gasteiger partial charge in [-0.2, -0.15) is 0 Å². The highest BCUT2D eigenvalue weighted by atomic mass is 15.3. The van der Waals surface area contributed by atoms with E-state index in [1.807, 2.05) is 0 Å². The van der Waals surface area contributed by atoms with Crippen LogP contribution in [0.4, 0.5) is 5.69 Å². The van der Waals surface area contributed by atoms with Crippen LogP contribution in [-0.4, -0.2) is 50.7 Å². The number of hydrogen-bond donors (Lipinski definition) is 1. The van der Waals surface area contributed by atoms with Crippen molar-refractivity contribution in [3.8, 4) is 0 Å². The van der Waals surface area contributed by atoms with E-state index in [1.165, 1.54) is 43.7 Å². The minimum Gasteiger partial charge on any atom is -0.369 e. The smallest absolute Gasteiger partial charge is 0.0369 e. The van der Waals surface area contributed by atoms with Crippen LogP contribution in [0.25, 0.3) is 0 Å². The molecule has 0 aliphatic carbocycles. The van der Waals surface area contributed by atoms with E-state index in [0.717, 1.165) is 26.2 Å². The molecule has 0 bridgehead atoms. The topological polar surface area (TPSA) is 18.5 Å². The monoisotopic (exact) mass is 317 g/mol. The van der Waals surface area contributed by atoms with Crippen LogP contribution < -0.4 is 10.2 Å². The number of piperazine rings is 1. The second-order valence-corrected chi connectivity index (χ2v) is 8.11. The summed E-state index contributed by atoms with van der Waals surface area (Å²) in [5.74, 6) is 0. The Balaban J connectivity index is 1.58. The molecule has 0 saturated carbocycles. The van der Waals surface area contributed by atoms with Gasteiger partial charge in [0.25, 0.3) is 0 Å². The first-order valence-electron chi connectivity index (χ1n) is 9.19. The number of rotatable bonds is 7. The molecule has 2 rings (SSSR count). The minimum atomic E-state index is 0.395. The molecular weight excluding hydrogens is 282 g/mol. The Kier molecular flexibility index (Phi) is 6.91. The predicted octanol–water partition coefficient (Wildman–Crippen LogP) is 3.53. The van der Waals surface area contributed by atoms with Gasteiger partial charge in [0, 0.05) is 31.9 Å². The first-order valence-corrected chi connectivity index (χ1v) is 9.19. The van der Waals surface area contributed by atoms with Crippen molar-refractivity contribution in [3.63, 3.8) is 0 Å². The first kappa shape index (κ1) is 18.3.